The molecule has 0 atom stereocenters. The Morgan fingerprint density at radius 1 is 1.86 bits per heavy atom. The molecule has 3 nitrogen and oxygen atoms in total. The van der Waals surface area contributed by atoms with Crippen LogP contribution < -0.4 is 0 Å². The van der Waals surface area contributed by atoms with Crippen molar-refractivity contribution in [3.8, 4) is 0 Å². The summed E-state index contributed by atoms with van der Waals surface area (Å²) in [5.41, 5.74) is 0. The number of hydrogen-bond donors (Lipinski definition) is 2. The second kappa shape index (κ2) is 3.92. The Hall–Kier alpha value is -0.250. The lowest BCUT2D eigenvalue weighted by molar-refractivity contribution is 0.392. The van der Waals surface area contributed by atoms with Crippen LogP contribution in [0.25, 0.3) is 0 Å². The van der Waals surface area contributed by atoms with Crippen LogP contribution in [0.5, 0.6) is 0 Å². The van der Waals surface area contributed by atoms with Crippen molar-refractivity contribution in [1.29, 1.82) is 0 Å². The van der Waals surface area contributed by atoms with Gasteiger partial charge in [-0.05, 0) is 0 Å². The largest absolute Gasteiger partial charge is 0.470 e. The van der Waals surface area contributed by atoms with E-state index in [2.05, 4.69) is 11.2 Å². The highest BCUT2D eigenvalue weighted by Crippen LogP contribution is 1.74. The van der Waals surface area contributed by atoms with E-state index in [1.807, 2.05) is 0 Å². The lowest BCUT2D eigenvalue weighted by atomic mass is 9.90. The zero-order chi connectivity index (χ0) is 5.70. The first-order chi connectivity index (χ1) is 3.31. The van der Waals surface area contributed by atoms with Crippen molar-refractivity contribution in [3.05, 3.63) is 12.6 Å². The van der Waals surface area contributed by atoms with Crippen LogP contribution in [0.4, 0.5) is 0 Å². The molecule has 0 aromatic rings. The molecule has 0 amide bonds. The van der Waals surface area contributed by atoms with Crippen LogP contribution in [-0.2, 0) is 4.57 Å². The minimum atomic E-state index is -1.09. The Labute approximate surface area is 43.1 Å². The van der Waals surface area contributed by atoms with Gasteiger partial charge in [0.05, 0.1) is 0 Å². The highest BCUT2D eigenvalue weighted by molar-refractivity contribution is 6.54. The summed E-state index contributed by atoms with van der Waals surface area (Å²) in [6.45, 7) is 3.17. The van der Waals surface area contributed by atoms with Crippen molar-refractivity contribution >= 4 is 14.8 Å². The van der Waals surface area contributed by atoms with E-state index >= 15 is 0 Å². The zero-order valence-electron chi connectivity index (χ0n) is 3.74. The van der Waals surface area contributed by atoms with E-state index in [4.69, 9.17) is 10.0 Å². The molecule has 0 rings (SSSR count). The lowest BCUT2D eigenvalue weighted by Crippen LogP contribution is -2.16. The predicted octanol–water partition coefficient (Wildman–Crippen LogP) is -1.26. The van der Waals surface area contributed by atoms with Gasteiger partial charge in [-0.15, -0.1) is 6.58 Å². The molecule has 0 heterocycles. The average Bonchev–Trinajstić information content (AvgIpc) is 1.68. The molecule has 0 saturated carbocycles. The van der Waals surface area contributed by atoms with Gasteiger partial charge in [-0.3, -0.25) is 0 Å². The van der Waals surface area contributed by atoms with Crippen molar-refractivity contribution in [3.63, 3.8) is 0 Å². The molecule has 0 fully saturated rings. The van der Waals surface area contributed by atoms with Gasteiger partial charge in [-0.25, -0.2) is 0 Å². The second-order valence-electron chi connectivity index (χ2n) is 0.868. The van der Waals surface area contributed by atoms with Crippen LogP contribution >= 0.6 is 0 Å². The molecule has 0 aromatic heterocycles. The third-order valence-corrected chi connectivity index (χ3v) is 0.402. The van der Waals surface area contributed by atoms with Gasteiger partial charge in [0.1, 0.15) is 0 Å². The summed E-state index contributed by atoms with van der Waals surface area (Å²) in [6.07, 6.45) is 0. The Morgan fingerprint density at radius 3 is 2.57 bits per heavy atom. The van der Waals surface area contributed by atoms with Crippen LogP contribution in [0, 0.1) is 0 Å². The monoisotopic (exact) mass is 99.0 g/mol. The average molecular weight is 98.7 g/mol. The van der Waals surface area contributed by atoms with E-state index < -0.39 is 7.12 Å². The van der Waals surface area contributed by atoms with E-state index in [1.165, 1.54) is 0 Å². The molecule has 0 saturated heterocycles. The molecule has 2 N–H and O–H groups in total. The van der Waals surface area contributed by atoms with Gasteiger partial charge < -0.3 is 14.6 Å². The standard InChI is InChI=1S/C2H5B2O3/c1-2-4(6)7-3-5/h2,5-6H,1H2. The van der Waals surface area contributed by atoms with E-state index in [-0.39, 0.29) is 0 Å². The molecule has 0 bridgehead atoms. The third kappa shape index (κ3) is 3.58. The van der Waals surface area contributed by atoms with Crippen LogP contribution in [-0.4, -0.2) is 24.9 Å². The fraction of sp³-hybridized carbons (Fsp3) is 0. The Bertz CT molecular complexity index is 56.9. The first kappa shape index (κ1) is 6.75. The highest BCUT2D eigenvalue weighted by Gasteiger charge is 2.03. The van der Waals surface area contributed by atoms with E-state index in [0.29, 0.717) is 7.69 Å². The quantitative estimate of drug-likeness (QED) is 0.433. The molecular formula is C2H5B2O3. The molecule has 0 aliphatic heterocycles. The molecule has 1 radical (unpaired) electrons. The Kier molecular flexibility index (Phi) is 3.78. The van der Waals surface area contributed by atoms with E-state index in [0.717, 1.165) is 5.98 Å². The van der Waals surface area contributed by atoms with Gasteiger partial charge in [-0.2, -0.15) is 0 Å². The van der Waals surface area contributed by atoms with Crippen LogP contribution in [0.2, 0.25) is 0 Å². The molecule has 0 spiro atoms. The van der Waals surface area contributed by atoms with Crippen molar-refractivity contribution in [2.75, 3.05) is 0 Å². The van der Waals surface area contributed by atoms with Gasteiger partial charge >= 0.3 is 14.8 Å². The maximum absolute atomic E-state index is 8.33. The first-order valence-corrected chi connectivity index (χ1v) is 1.73. The summed E-state index contributed by atoms with van der Waals surface area (Å²) in [4.78, 5) is 0. The molecule has 0 aliphatic carbocycles. The first-order valence-electron chi connectivity index (χ1n) is 1.73. The summed E-state index contributed by atoms with van der Waals surface area (Å²) < 4.78 is 4.06. The van der Waals surface area contributed by atoms with Gasteiger partial charge in [0.2, 0.25) is 0 Å². The maximum Gasteiger partial charge on any atom is 0.470 e. The molecule has 37 valence electrons. The maximum atomic E-state index is 8.33. The molecule has 7 heavy (non-hydrogen) atoms. The number of hydrogen-bond acceptors (Lipinski definition) is 3. The minimum absolute atomic E-state index is 0.409. The molecule has 5 heteroatoms. The second-order valence-corrected chi connectivity index (χ2v) is 0.868. The summed E-state index contributed by atoms with van der Waals surface area (Å²) in [5.74, 6) is 1.15. The fourth-order valence-electron chi connectivity index (χ4n) is 0.118. The number of rotatable bonds is 3. The van der Waals surface area contributed by atoms with Crippen molar-refractivity contribution < 1.29 is 14.6 Å². The molecule has 0 aliphatic rings. The Balaban J connectivity index is 2.98. The van der Waals surface area contributed by atoms with Crippen LogP contribution in [0.1, 0.15) is 0 Å². The van der Waals surface area contributed by atoms with Gasteiger partial charge in [0.25, 0.3) is 0 Å². The fourth-order valence-corrected chi connectivity index (χ4v) is 0.118. The van der Waals surface area contributed by atoms with Crippen LogP contribution in [0.15, 0.2) is 12.6 Å². The normalized spacial score (nSPS) is 7.71. The third-order valence-electron chi connectivity index (χ3n) is 0.402. The highest BCUT2D eigenvalue weighted by atomic mass is 16.5. The summed E-state index contributed by atoms with van der Waals surface area (Å²) in [6, 6.07) is 0. The van der Waals surface area contributed by atoms with E-state index in [1.54, 1.807) is 0 Å². The van der Waals surface area contributed by atoms with Crippen molar-refractivity contribution in [2.45, 2.75) is 0 Å². The molecular weight excluding hydrogens is 93.6 g/mol. The zero-order valence-corrected chi connectivity index (χ0v) is 3.74. The molecule has 0 aromatic carbocycles. The van der Waals surface area contributed by atoms with Crippen molar-refractivity contribution in [2.24, 2.45) is 0 Å². The topological polar surface area (TPSA) is 49.7 Å². The smallest absolute Gasteiger partial charge is 0.450 e. The minimum Gasteiger partial charge on any atom is -0.450 e. The summed E-state index contributed by atoms with van der Waals surface area (Å²) >= 11 is 0. The van der Waals surface area contributed by atoms with Gasteiger partial charge in [-0.1, -0.05) is 5.98 Å². The van der Waals surface area contributed by atoms with Crippen molar-refractivity contribution in [1.82, 2.24) is 0 Å². The van der Waals surface area contributed by atoms with Gasteiger partial charge in [0.15, 0.2) is 0 Å². The van der Waals surface area contributed by atoms with Crippen LogP contribution in [0.3, 0.4) is 0 Å². The lowest BCUT2D eigenvalue weighted by Gasteiger charge is -1.93. The SMILES string of the molecule is C=CB(O)O[B]O. The molecule has 0 unspecified atom stereocenters. The Morgan fingerprint density at radius 2 is 2.43 bits per heavy atom. The summed E-state index contributed by atoms with van der Waals surface area (Å²) in [5, 5.41) is 16.1. The van der Waals surface area contributed by atoms with E-state index in [9.17, 15) is 0 Å². The summed E-state index contributed by atoms with van der Waals surface area (Å²) in [7, 11) is -0.684. The van der Waals surface area contributed by atoms with Gasteiger partial charge in [0, 0.05) is 0 Å². The predicted molar refractivity (Wildman–Crippen MR) is 27.2 cm³/mol.